The van der Waals surface area contributed by atoms with Crippen molar-refractivity contribution >= 4 is 11.6 Å². The zero-order chi connectivity index (χ0) is 26.7. The molecule has 0 radical (unpaired) electrons. The Labute approximate surface area is 213 Å². The van der Waals surface area contributed by atoms with Gasteiger partial charge in [-0.25, -0.2) is 9.18 Å². The lowest BCUT2D eigenvalue weighted by atomic mass is 10.1. The number of nitrogens with zero attached hydrogens (tertiary/aromatic N) is 2. The van der Waals surface area contributed by atoms with Crippen LogP contribution in [0.3, 0.4) is 0 Å². The fraction of sp³-hybridized carbons (Fsp3) is 0.321. The summed E-state index contributed by atoms with van der Waals surface area (Å²) in [5.41, 5.74) is 11.3. The van der Waals surface area contributed by atoms with Crippen molar-refractivity contribution < 1.29 is 22.4 Å². The van der Waals surface area contributed by atoms with E-state index in [0.717, 1.165) is 27.8 Å². The largest absolute Gasteiger partial charge is 0.397 e. The number of urea groups is 1. The van der Waals surface area contributed by atoms with E-state index in [0.29, 0.717) is 26.2 Å². The number of rotatable bonds is 6. The number of nitrogens with one attached hydrogen (secondary N) is 1. The average Bonchev–Trinajstić information content (AvgIpc) is 3.49. The van der Waals surface area contributed by atoms with Gasteiger partial charge in [0.2, 0.25) is 0 Å². The highest BCUT2D eigenvalue weighted by Gasteiger charge is 2.43. The summed E-state index contributed by atoms with van der Waals surface area (Å²) in [7, 11) is 0. The van der Waals surface area contributed by atoms with Crippen molar-refractivity contribution in [3.05, 3.63) is 101 Å². The highest BCUT2D eigenvalue weighted by molar-refractivity contribution is 5.78. The molecule has 37 heavy (non-hydrogen) atoms. The van der Waals surface area contributed by atoms with Gasteiger partial charge in [0.25, 0.3) is 0 Å². The van der Waals surface area contributed by atoms with Crippen molar-refractivity contribution in [2.24, 2.45) is 11.7 Å². The molecule has 1 unspecified atom stereocenters. The number of hydrogen-bond acceptors (Lipinski definition) is 3. The van der Waals surface area contributed by atoms with Crippen LogP contribution in [0.15, 0.2) is 72.6 Å². The van der Waals surface area contributed by atoms with Crippen LogP contribution in [0.2, 0.25) is 0 Å². The Bertz CT molecular complexity index is 1230. The normalized spacial score (nSPS) is 18.7. The van der Waals surface area contributed by atoms with Gasteiger partial charge < -0.3 is 16.0 Å². The SMILES string of the molecule is C=C(NC(=O)N1Cc2ccc(CN3CCC(C(F)(F)F)C3)cc2C1)/C(N)=C\C=C(/C)c1ccc(F)cc1. The molecule has 1 saturated heterocycles. The number of allylic oxidation sites excluding steroid dienone is 3. The molecule has 2 aliphatic rings. The standard InChI is InChI=1S/C28H30F4N4O/c1-18(21-6-8-25(29)9-7-21)3-10-26(33)19(2)34-27(37)36-15-22-5-4-20(13-23(22)16-36)14-35-12-11-24(17-35)28(30,31)32/h3-10,13,24H,2,11-12,14-17,33H2,1H3,(H,34,37)/b18-3+,26-10+. The summed E-state index contributed by atoms with van der Waals surface area (Å²) >= 11 is 0. The van der Waals surface area contributed by atoms with E-state index >= 15 is 0 Å². The Morgan fingerprint density at radius 3 is 2.51 bits per heavy atom. The lowest BCUT2D eigenvalue weighted by molar-refractivity contribution is -0.170. The second kappa shape index (κ2) is 10.8. The number of amides is 2. The van der Waals surface area contributed by atoms with E-state index < -0.39 is 12.1 Å². The number of carbonyl (C=O) groups excluding carboxylic acids is 1. The van der Waals surface area contributed by atoms with E-state index in [-0.39, 0.29) is 36.2 Å². The molecule has 0 saturated carbocycles. The molecule has 0 aromatic heterocycles. The van der Waals surface area contributed by atoms with Crippen molar-refractivity contribution in [2.75, 3.05) is 13.1 Å². The minimum absolute atomic E-state index is 0.0186. The van der Waals surface area contributed by atoms with Gasteiger partial charge in [0.1, 0.15) is 5.82 Å². The summed E-state index contributed by atoms with van der Waals surface area (Å²) in [6.45, 7) is 7.43. The van der Waals surface area contributed by atoms with E-state index in [1.165, 1.54) is 12.1 Å². The van der Waals surface area contributed by atoms with Crippen LogP contribution in [-0.4, -0.2) is 35.1 Å². The Balaban J connectivity index is 1.31. The second-order valence-corrected chi connectivity index (χ2v) is 9.61. The Hall–Kier alpha value is -3.59. The van der Waals surface area contributed by atoms with Crippen LogP contribution >= 0.6 is 0 Å². The number of likely N-dealkylation sites (tertiary alicyclic amines) is 1. The fourth-order valence-corrected chi connectivity index (χ4v) is 4.60. The molecule has 3 N–H and O–H groups in total. The van der Waals surface area contributed by atoms with Crippen LogP contribution in [0.1, 0.15) is 35.6 Å². The lowest BCUT2D eigenvalue weighted by Crippen LogP contribution is -2.36. The van der Waals surface area contributed by atoms with Gasteiger partial charge in [0.05, 0.1) is 17.3 Å². The summed E-state index contributed by atoms with van der Waals surface area (Å²) in [6.07, 6.45) is -0.620. The summed E-state index contributed by atoms with van der Waals surface area (Å²) < 4.78 is 52.0. The van der Waals surface area contributed by atoms with Gasteiger partial charge in [-0.2, -0.15) is 13.2 Å². The predicted molar refractivity (Wildman–Crippen MR) is 135 cm³/mol. The highest BCUT2D eigenvalue weighted by Crippen LogP contribution is 2.34. The third-order valence-corrected chi connectivity index (χ3v) is 6.84. The first-order chi connectivity index (χ1) is 17.5. The minimum atomic E-state index is -4.15. The molecule has 2 aromatic carbocycles. The fourth-order valence-electron chi connectivity index (χ4n) is 4.60. The third-order valence-electron chi connectivity index (χ3n) is 6.84. The minimum Gasteiger partial charge on any atom is -0.397 e. The number of carbonyl (C=O) groups is 1. The molecule has 0 aliphatic carbocycles. The molecule has 196 valence electrons. The maximum absolute atomic E-state index is 13.1. The lowest BCUT2D eigenvalue weighted by Gasteiger charge is -2.18. The first-order valence-corrected chi connectivity index (χ1v) is 12.0. The molecule has 1 fully saturated rings. The van der Waals surface area contributed by atoms with Gasteiger partial charge in [0.15, 0.2) is 0 Å². The van der Waals surface area contributed by atoms with Crippen molar-refractivity contribution in [3.63, 3.8) is 0 Å². The van der Waals surface area contributed by atoms with Gasteiger partial charge in [-0.1, -0.05) is 43.0 Å². The number of benzene rings is 2. The van der Waals surface area contributed by atoms with Gasteiger partial charge in [-0.3, -0.25) is 4.90 Å². The molecule has 2 aliphatic heterocycles. The van der Waals surface area contributed by atoms with Crippen molar-refractivity contribution in [2.45, 2.75) is 39.2 Å². The molecule has 4 rings (SSSR count). The van der Waals surface area contributed by atoms with Gasteiger partial charge in [0, 0.05) is 26.2 Å². The molecular formula is C28H30F4N4O. The number of hydrogen-bond donors (Lipinski definition) is 2. The quantitative estimate of drug-likeness (QED) is 0.384. The van der Waals surface area contributed by atoms with Crippen LogP contribution in [0.4, 0.5) is 22.4 Å². The third kappa shape index (κ3) is 6.60. The van der Waals surface area contributed by atoms with Crippen LogP contribution in [0, 0.1) is 11.7 Å². The van der Waals surface area contributed by atoms with Crippen LogP contribution < -0.4 is 11.1 Å². The van der Waals surface area contributed by atoms with E-state index in [4.69, 9.17) is 5.73 Å². The smallest absolute Gasteiger partial charge is 0.393 e. The van der Waals surface area contributed by atoms with Crippen LogP contribution in [-0.2, 0) is 19.6 Å². The van der Waals surface area contributed by atoms with Gasteiger partial charge in [-0.05, 0) is 65.9 Å². The average molecular weight is 515 g/mol. The summed E-state index contributed by atoms with van der Waals surface area (Å²) in [6, 6.07) is 11.6. The summed E-state index contributed by atoms with van der Waals surface area (Å²) in [5.74, 6) is -1.58. The predicted octanol–water partition coefficient (Wildman–Crippen LogP) is 5.69. The van der Waals surface area contributed by atoms with Crippen molar-refractivity contribution in [1.82, 2.24) is 15.1 Å². The number of halogens is 4. The van der Waals surface area contributed by atoms with E-state index in [1.807, 2.05) is 30.0 Å². The highest BCUT2D eigenvalue weighted by atomic mass is 19.4. The Kier molecular flexibility index (Phi) is 7.73. The van der Waals surface area contributed by atoms with E-state index in [1.54, 1.807) is 29.2 Å². The summed E-state index contributed by atoms with van der Waals surface area (Å²) in [5, 5.41) is 2.73. The second-order valence-electron chi connectivity index (χ2n) is 9.61. The van der Waals surface area contributed by atoms with Crippen molar-refractivity contribution in [1.29, 1.82) is 0 Å². The Morgan fingerprint density at radius 2 is 1.84 bits per heavy atom. The van der Waals surface area contributed by atoms with Gasteiger partial charge in [-0.15, -0.1) is 0 Å². The molecule has 0 spiro atoms. The number of alkyl halides is 3. The molecule has 1 atom stereocenters. The zero-order valence-corrected chi connectivity index (χ0v) is 20.6. The molecule has 0 bridgehead atoms. The number of fused-ring (bicyclic) bond motifs is 1. The Morgan fingerprint density at radius 1 is 1.14 bits per heavy atom. The molecule has 2 heterocycles. The monoisotopic (exact) mass is 514 g/mol. The van der Waals surface area contributed by atoms with E-state index in [9.17, 15) is 22.4 Å². The first kappa shape index (κ1) is 26.5. The molecular weight excluding hydrogens is 484 g/mol. The van der Waals surface area contributed by atoms with Crippen molar-refractivity contribution in [3.8, 4) is 0 Å². The maximum Gasteiger partial charge on any atom is 0.393 e. The van der Waals surface area contributed by atoms with Crippen LogP contribution in [0.25, 0.3) is 5.57 Å². The first-order valence-electron chi connectivity index (χ1n) is 12.0. The van der Waals surface area contributed by atoms with Crippen LogP contribution in [0.5, 0.6) is 0 Å². The zero-order valence-electron chi connectivity index (χ0n) is 20.6. The molecule has 5 nitrogen and oxygen atoms in total. The topological polar surface area (TPSA) is 61.6 Å². The molecule has 2 amide bonds. The number of nitrogens with two attached hydrogens (primary N) is 1. The van der Waals surface area contributed by atoms with Gasteiger partial charge >= 0.3 is 12.2 Å². The summed E-state index contributed by atoms with van der Waals surface area (Å²) in [4.78, 5) is 16.3. The maximum atomic E-state index is 13.1. The molecule has 9 heteroatoms. The molecule has 2 aromatic rings. The van der Waals surface area contributed by atoms with E-state index in [2.05, 4.69) is 11.9 Å².